The van der Waals surface area contributed by atoms with E-state index in [9.17, 15) is 9.59 Å². The molecule has 0 aliphatic carbocycles. The smallest absolute Gasteiger partial charge is 0.346 e. The van der Waals surface area contributed by atoms with Crippen molar-refractivity contribution in [1.82, 2.24) is 0 Å². The summed E-state index contributed by atoms with van der Waals surface area (Å²) >= 11 is 0. The number of esters is 2. The number of carbonyl (C=O) groups excluding carboxylic acids is 2. The van der Waals surface area contributed by atoms with Gasteiger partial charge >= 0.3 is 11.9 Å². The summed E-state index contributed by atoms with van der Waals surface area (Å²) in [5, 5.41) is 0. The second-order valence-electron chi connectivity index (χ2n) is 3.51. The van der Waals surface area contributed by atoms with Crippen LogP contribution in [-0.4, -0.2) is 11.9 Å². The van der Waals surface area contributed by atoms with E-state index >= 15 is 0 Å². The molecule has 1 aliphatic heterocycles. The molecule has 0 spiro atoms. The summed E-state index contributed by atoms with van der Waals surface area (Å²) < 4.78 is 4.48. The van der Waals surface area contributed by atoms with E-state index in [2.05, 4.69) is 11.3 Å². The van der Waals surface area contributed by atoms with Crippen LogP contribution in [0.4, 0.5) is 0 Å². The van der Waals surface area contributed by atoms with E-state index < -0.39 is 11.9 Å². The Morgan fingerprint density at radius 2 is 2.06 bits per heavy atom. The van der Waals surface area contributed by atoms with E-state index in [1.165, 1.54) is 6.08 Å². The summed E-state index contributed by atoms with van der Waals surface area (Å²) in [6.45, 7) is 5.56. The van der Waals surface area contributed by atoms with E-state index in [0.29, 0.717) is 11.1 Å². The molecule has 0 radical (unpaired) electrons. The van der Waals surface area contributed by atoms with Crippen molar-refractivity contribution in [2.24, 2.45) is 0 Å². The Labute approximate surface area is 93.0 Å². The first-order chi connectivity index (χ1) is 7.63. The minimum atomic E-state index is -0.613. The van der Waals surface area contributed by atoms with E-state index in [1.807, 2.05) is 25.1 Å². The maximum atomic E-state index is 11.5. The minimum Gasteiger partial charge on any atom is -0.386 e. The zero-order chi connectivity index (χ0) is 11.7. The highest BCUT2D eigenvalue weighted by Crippen LogP contribution is 2.28. The Hall–Kier alpha value is -2.16. The second-order valence-corrected chi connectivity index (χ2v) is 3.51. The first-order valence-corrected chi connectivity index (χ1v) is 4.83. The molecule has 0 amide bonds. The molecule has 80 valence electrons. The minimum absolute atomic E-state index is 0.304. The Morgan fingerprint density at radius 1 is 1.31 bits per heavy atom. The fourth-order valence-corrected chi connectivity index (χ4v) is 1.76. The molecular weight excluding hydrogens is 204 g/mol. The number of cyclic esters (lactones) is 2. The molecule has 0 bridgehead atoms. The van der Waals surface area contributed by atoms with Crippen molar-refractivity contribution in [2.75, 3.05) is 0 Å². The lowest BCUT2D eigenvalue weighted by Gasteiger charge is -2.08. The Balaban J connectivity index is 2.64. The van der Waals surface area contributed by atoms with E-state index in [-0.39, 0.29) is 0 Å². The summed E-state index contributed by atoms with van der Waals surface area (Å²) in [5.74, 6) is -1.21. The number of aryl methyl sites for hydroxylation is 1. The van der Waals surface area contributed by atoms with Gasteiger partial charge in [-0.15, -0.1) is 0 Å². The third-order valence-corrected chi connectivity index (χ3v) is 2.47. The van der Waals surface area contributed by atoms with Crippen LogP contribution in [0.5, 0.6) is 0 Å². The van der Waals surface area contributed by atoms with Crippen LogP contribution >= 0.6 is 0 Å². The van der Waals surface area contributed by atoms with Gasteiger partial charge in [-0.25, -0.2) is 9.59 Å². The van der Waals surface area contributed by atoms with Crippen LogP contribution in [0.25, 0.3) is 11.6 Å². The van der Waals surface area contributed by atoms with Crippen molar-refractivity contribution in [3.63, 3.8) is 0 Å². The van der Waals surface area contributed by atoms with Crippen LogP contribution in [0.3, 0.4) is 0 Å². The predicted molar refractivity (Wildman–Crippen MR) is 60.3 cm³/mol. The van der Waals surface area contributed by atoms with Crippen molar-refractivity contribution < 1.29 is 14.3 Å². The van der Waals surface area contributed by atoms with Crippen LogP contribution in [0.1, 0.15) is 16.7 Å². The molecule has 0 unspecified atom stereocenters. The van der Waals surface area contributed by atoms with Crippen LogP contribution in [0.2, 0.25) is 0 Å². The van der Waals surface area contributed by atoms with Crippen LogP contribution in [0.15, 0.2) is 30.9 Å². The van der Waals surface area contributed by atoms with Crippen molar-refractivity contribution in [2.45, 2.75) is 6.92 Å². The highest BCUT2D eigenvalue weighted by atomic mass is 16.6. The summed E-state index contributed by atoms with van der Waals surface area (Å²) in [6, 6.07) is 5.59. The van der Waals surface area contributed by atoms with Crippen molar-refractivity contribution in [1.29, 1.82) is 0 Å². The fourth-order valence-electron chi connectivity index (χ4n) is 1.76. The normalized spacial score (nSPS) is 14.7. The molecule has 0 aromatic heterocycles. The van der Waals surface area contributed by atoms with E-state index in [1.54, 1.807) is 6.08 Å². The van der Waals surface area contributed by atoms with Gasteiger partial charge in [-0.3, -0.25) is 0 Å². The van der Waals surface area contributed by atoms with Gasteiger partial charge in [0.15, 0.2) is 0 Å². The molecule has 0 saturated heterocycles. The summed E-state index contributed by atoms with van der Waals surface area (Å²) in [5.41, 5.74) is 2.75. The first kappa shape index (κ1) is 10.4. The van der Waals surface area contributed by atoms with Gasteiger partial charge in [0.1, 0.15) is 0 Å². The first-order valence-electron chi connectivity index (χ1n) is 4.83. The molecule has 0 atom stereocenters. The Morgan fingerprint density at radius 3 is 2.62 bits per heavy atom. The molecule has 1 aromatic carbocycles. The summed E-state index contributed by atoms with van der Waals surface area (Å²) in [7, 11) is 0. The topological polar surface area (TPSA) is 43.4 Å². The lowest BCUT2D eigenvalue weighted by atomic mass is 9.95. The van der Waals surface area contributed by atoms with Crippen molar-refractivity contribution in [3.05, 3.63) is 47.5 Å². The molecular formula is C13H10O3. The molecule has 1 heterocycles. The molecule has 2 rings (SSSR count). The van der Waals surface area contributed by atoms with Gasteiger partial charge in [0.25, 0.3) is 0 Å². The molecule has 3 heteroatoms. The number of ether oxygens (including phenoxy) is 1. The number of benzene rings is 1. The molecule has 0 N–H and O–H groups in total. The third-order valence-electron chi connectivity index (χ3n) is 2.47. The number of hydrogen-bond acceptors (Lipinski definition) is 3. The SMILES string of the molecule is C=Cc1cccc(C)c1C1=CC(=O)OC1=O. The van der Waals surface area contributed by atoms with Gasteiger partial charge in [-0.1, -0.05) is 30.9 Å². The summed E-state index contributed by atoms with van der Waals surface area (Å²) in [4.78, 5) is 22.5. The van der Waals surface area contributed by atoms with Crippen molar-refractivity contribution >= 4 is 23.6 Å². The zero-order valence-corrected chi connectivity index (χ0v) is 8.82. The Kier molecular flexibility index (Phi) is 2.44. The third kappa shape index (κ3) is 1.56. The average molecular weight is 214 g/mol. The second kappa shape index (κ2) is 3.77. The largest absolute Gasteiger partial charge is 0.386 e. The zero-order valence-electron chi connectivity index (χ0n) is 8.82. The van der Waals surface area contributed by atoms with Crippen LogP contribution in [-0.2, 0) is 14.3 Å². The lowest BCUT2D eigenvalue weighted by molar-refractivity contribution is -0.149. The van der Waals surface area contributed by atoms with E-state index in [4.69, 9.17) is 0 Å². The van der Waals surface area contributed by atoms with Gasteiger partial charge in [-0.05, 0) is 23.6 Å². The monoisotopic (exact) mass is 214 g/mol. The van der Waals surface area contributed by atoms with Gasteiger partial charge in [0, 0.05) is 6.08 Å². The lowest BCUT2D eigenvalue weighted by Crippen LogP contribution is -2.03. The van der Waals surface area contributed by atoms with Gasteiger partial charge in [0.2, 0.25) is 0 Å². The van der Waals surface area contributed by atoms with Gasteiger partial charge in [0.05, 0.1) is 5.57 Å². The highest BCUT2D eigenvalue weighted by molar-refractivity contribution is 6.29. The van der Waals surface area contributed by atoms with Crippen LogP contribution < -0.4 is 0 Å². The maximum Gasteiger partial charge on any atom is 0.346 e. The fraction of sp³-hybridized carbons (Fsp3) is 0.0769. The number of hydrogen-bond donors (Lipinski definition) is 0. The molecule has 1 aromatic rings. The molecule has 0 saturated carbocycles. The van der Waals surface area contributed by atoms with Gasteiger partial charge < -0.3 is 4.74 Å². The predicted octanol–water partition coefficient (Wildman–Crippen LogP) is 2.10. The molecule has 0 fully saturated rings. The molecule has 16 heavy (non-hydrogen) atoms. The maximum absolute atomic E-state index is 11.5. The molecule has 3 nitrogen and oxygen atoms in total. The van der Waals surface area contributed by atoms with Crippen LogP contribution in [0, 0.1) is 6.92 Å². The number of carbonyl (C=O) groups is 2. The highest BCUT2D eigenvalue weighted by Gasteiger charge is 2.27. The quantitative estimate of drug-likeness (QED) is 0.559. The summed E-state index contributed by atoms with van der Waals surface area (Å²) in [6.07, 6.45) is 2.87. The van der Waals surface area contributed by atoms with E-state index in [0.717, 1.165) is 11.1 Å². The van der Waals surface area contributed by atoms with Gasteiger partial charge in [-0.2, -0.15) is 0 Å². The standard InChI is InChI=1S/C13H10O3/c1-3-9-6-4-5-8(2)12(9)10-7-11(14)16-13(10)15/h3-7H,1H2,2H3. The number of rotatable bonds is 2. The molecule has 1 aliphatic rings. The Bertz CT molecular complexity index is 524. The average Bonchev–Trinajstić information content (AvgIpc) is 2.57. The van der Waals surface area contributed by atoms with Crippen molar-refractivity contribution in [3.8, 4) is 0 Å².